The van der Waals surface area contributed by atoms with Crippen molar-refractivity contribution in [1.82, 2.24) is 10.2 Å². The molecule has 0 aliphatic rings. The molecule has 10 heteroatoms. The van der Waals surface area contributed by atoms with Crippen LogP contribution in [0.2, 0.25) is 0 Å². The van der Waals surface area contributed by atoms with E-state index in [0.29, 0.717) is 10.2 Å². The minimum atomic E-state index is -3.81. The second-order valence-corrected chi connectivity index (χ2v) is 11.9. The molecular formula is C26H27Br2N3O4S. The topological polar surface area (TPSA) is 86.8 Å². The predicted molar refractivity (Wildman–Crippen MR) is 149 cm³/mol. The predicted octanol–water partition coefficient (Wildman–Crippen LogP) is 4.36. The largest absolute Gasteiger partial charge is 0.357 e. The van der Waals surface area contributed by atoms with Gasteiger partial charge in [-0.1, -0.05) is 70.5 Å². The van der Waals surface area contributed by atoms with Gasteiger partial charge in [0.15, 0.2) is 0 Å². The van der Waals surface area contributed by atoms with E-state index in [1.165, 1.54) is 11.9 Å². The Balaban J connectivity index is 2.03. The number of nitrogens with one attached hydrogen (secondary N) is 1. The van der Waals surface area contributed by atoms with Gasteiger partial charge in [-0.25, -0.2) is 8.42 Å². The fourth-order valence-corrected chi connectivity index (χ4v) is 5.50. The van der Waals surface area contributed by atoms with Gasteiger partial charge in [-0.05, 0) is 51.3 Å². The van der Waals surface area contributed by atoms with Crippen LogP contribution in [-0.4, -0.2) is 51.0 Å². The molecule has 3 aromatic carbocycles. The molecule has 2 amide bonds. The van der Waals surface area contributed by atoms with Crippen LogP contribution < -0.4 is 9.62 Å². The molecular weight excluding hydrogens is 610 g/mol. The van der Waals surface area contributed by atoms with Crippen LogP contribution in [0.3, 0.4) is 0 Å². The number of anilines is 1. The Morgan fingerprint density at radius 1 is 0.889 bits per heavy atom. The number of sulfonamides is 1. The Kier molecular flexibility index (Phi) is 9.69. The van der Waals surface area contributed by atoms with Crippen LogP contribution in [-0.2, 0) is 32.6 Å². The molecule has 0 fully saturated rings. The van der Waals surface area contributed by atoms with Crippen LogP contribution in [0.25, 0.3) is 0 Å². The molecule has 0 aliphatic heterocycles. The number of likely N-dealkylation sites (N-methyl/N-ethyl adjacent to an activating group) is 1. The molecule has 0 aliphatic carbocycles. The van der Waals surface area contributed by atoms with Crippen LogP contribution >= 0.6 is 31.9 Å². The SMILES string of the molecule is CNC(=O)[C@@H](Cc1ccccc1)N(Cc1ccc(Br)cc1)C(=O)CN(c1ccccc1Br)S(C)(=O)=O. The molecule has 0 saturated heterocycles. The number of para-hydroxylation sites is 1. The summed E-state index contributed by atoms with van der Waals surface area (Å²) in [5, 5.41) is 2.66. The summed E-state index contributed by atoms with van der Waals surface area (Å²) in [5.74, 6) is -0.834. The standard InChI is InChI=1S/C26H27Br2N3O4S/c1-29-26(33)24(16-19-8-4-3-5-9-19)30(17-20-12-14-21(27)15-13-20)25(32)18-31(36(2,34)35)23-11-7-6-10-22(23)28/h3-15,24H,16-18H2,1-2H3,(H,29,33)/t24-/m1/s1. The first kappa shape index (κ1) is 27.9. The van der Waals surface area contributed by atoms with Crippen molar-refractivity contribution >= 4 is 59.4 Å². The number of nitrogens with zero attached hydrogens (tertiary/aromatic N) is 2. The van der Waals surface area contributed by atoms with Crippen molar-refractivity contribution < 1.29 is 18.0 Å². The van der Waals surface area contributed by atoms with E-state index < -0.39 is 28.5 Å². The number of hydrogen-bond acceptors (Lipinski definition) is 4. The zero-order valence-corrected chi connectivity index (χ0v) is 23.9. The molecule has 1 atom stereocenters. The molecule has 0 heterocycles. The van der Waals surface area contributed by atoms with Crippen LogP contribution in [0.5, 0.6) is 0 Å². The zero-order chi connectivity index (χ0) is 26.3. The second kappa shape index (κ2) is 12.5. The highest BCUT2D eigenvalue weighted by molar-refractivity contribution is 9.10. The lowest BCUT2D eigenvalue weighted by molar-refractivity contribution is -0.139. The van der Waals surface area contributed by atoms with E-state index in [1.807, 2.05) is 54.6 Å². The van der Waals surface area contributed by atoms with E-state index in [9.17, 15) is 18.0 Å². The van der Waals surface area contributed by atoms with Crippen molar-refractivity contribution in [3.8, 4) is 0 Å². The average Bonchev–Trinajstić information content (AvgIpc) is 2.85. The molecule has 3 rings (SSSR count). The lowest BCUT2D eigenvalue weighted by Gasteiger charge is -2.33. The van der Waals surface area contributed by atoms with Gasteiger partial charge >= 0.3 is 0 Å². The van der Waals surface area contributed by atoms with Crippen molar-refractivity contribution in [2.24, 2.45) is 0 Å². The van der Waals surface area contributed by atoms with Crippen LogP contribution in [0.15, 0.2) is 87.8 Å². The monoisotopic (exact) mass is 635 g/mol. The second-order valence-electron chi connectivity index (χ2n) is 8.19. The molecule has 0 unspecified atom stereocenters. The van der Waals surface area contributed by atoms with E-state index in [1.54, 1.807) is 24.3 Å². The van der Waals surface area contributed by atoms with E-state index >= 15 is 0 Å². The number of halogens is 2. The highest BCUT2D eigenvalue weighted by atomic mass is 79.9. The summed E-state index contributed by atoms with van der Waals surface area (Å²) in [6, 6.07) is 22.8. The van der Waals surface area contributed by atoms with Crippen LogP contribution in [0, 0.1) is 0 Å². The van der Waals surface area contributed by atoms with E-state index in [0.717, 1.165) is 26.2 Å². The number of benzene rings is 3. The molecule has 3 aromatic rings. The van der Waals surface area contributed by atoms with Gasteiger partial charge in [0, 0.05) is 29.0 Å². The van der Waals surface area contributed by atoms with Gasteiger partial charge in [0.1, 0.15) is 12.6 Å². The minimum Gasteiger partial charge on any atom is -0.357 e. The lowest BCUT2D eigenvalue weighted by Crippen LogP contribution is -2.52. The molecule has 1 N–H and O–H groups in total. The smallest absolute Gasteiger partial charge is 0.244 e. The van der Waals surface area contributed by atoms with Crippen molar-refractivity contribution in [3.05, 3.63) is 98.9 Å². The maximum Gasteiger partial charge on any atom is 0.244 e. The Morgan fingerprint density at radius 2 is 1.50 bits per heavy atom. The maximum atomic E-state index is 13.8. The quantitative estimate of drug-likeness (QED) is 0.358. The third kappa shape index (κ3) is 7.41. The van der Waals surface area contributed by atoms with Gasteiger partial charge in [0.05, 0.1) is 11.9 Å². The highest BCUT2D eigenvalue weighted by Crippen LogP contribution is 2.28. The summed E-state index contributed by atoms with van der Waals surface area (Å²) >= 11 is 6.80. The van der Waals surface area contributed by atoms with E-state index in [2.05, 4.69) is 37.2 Å². The first-order valence-electron chi connectivity index (χ1n) is 11.1. The van der Waals surface area contributed by atoms with Gasteiger partial charge in [-0.3, -0.25) is 13.9 Å². The summed E-state index contributed by atoms with van der Waals surface area (Å²) in [6.07, 6.45) is 1.33. The summed E-state index contributed by atoms with van der Waals surface area (Å²) in [6.45, 7) is -0.329. The third-order valence-corrected chi connectivity index (χ3v) is 7.91. The van der Waals surface area contributed by atoms with Crippen molar-refractivity contribution in [2.45, 2.75) is 19.0 Å². The van der Waals surface area contributed by atoms with Gasteiger partial charge in [0.2, 0.25) is 21.8 Å². The average molecular weight is 637 g/mol. The van der Waals surface area contributed by atoms with Crippen LogP contribution in [0.1, 0.15) is 11.1 Å². The van der Waals surface area contributed by atoms with E-state index in [4.69, 9.17) is 0 Å². The molecule has 0 saturated carbocycles. The van der Waals surface area contributed by atoms with Crippen molar-refractivity contribution in [1.29, 1.82) is 0 Å². The maximum absolute atomic E-state index is 13.8. The number of amides is 2. The highest BCUT2D eigenvalue weighted by Gasteiger charge is 2.33. The van der Waals surface area contributed by atoms with Crippen LogP contribution in [0.4, 0.5) is 5.69 Å². The summed E-state index contributed by atoms with van der Waals surface area (Å²) < 4.78 is 28.0. The Hall–Kier alpha value is -2.69. The first-order chi connectivity index (χ1) is 17.1. The Labute approximate surface area is 228 Å². The molecule has 0 aromatic heterocycles. The molecule has 7 nitrogen and oxygen atoms in total. The number of carbonyl (C=O) groups is 2. The number of hydrogen-bond donors (Lipinski definition) is 1. The van der Waals surface area contributed by atoms with Crippen molar-refractivity contribution in [2.75, 3.05) is 24.2 Å². The lowest BCUT2D eigenvalue weighted by atomic mass is 10.0. The third-order valence-electron chi connectivity index (χ3n) is 5.58. The molecule has 190 valence electrons. The molecule has 0 spiro atoms. The normalized spacial score (nSPS) is 12.0. The van der Waals surface area contributed by atoms with E-state index in [-0.39, 0.29) is 18.9 Å². The van der Waals surface area contributed by atoms with Gasteiger partial charge in [-0.15, -0.1) is 0 Å². The van der Waals surface area contributed by atoms with Crippen molar-refractivity contribution in [3.63, 3.8) is 0 Å². The van der Waals surface area contributed by atoms with Gasteiger partial charge in [-0.2, -0.15) is 0 Å². The fraction of sp³-hybridized carbons (Fsp3) is 0.231. The number of carbonyl (C=O) groups excluding carboxylic acids is 2. The number of rotatable bonds is 10. The Morgan fingerprint density at radius 3 is 2.08 bits per heavy atom. The zero-order valence-electron chi connectivity index (χ0n) is 19.9. The fourth-order valence-electron chi connectivity index (χ4n) is 3.76. The van der Waals surface area contributed by atoms with Gasteiger partial charge < -0.3 is 10.2 Å². The summed E-state index contributed by atoms with van der Waals surface area (Å²) in [4.78, 5) is 28.3. The minimum absolute atomic E-state index is 0.130. The molecule has 36 heavy (non-hydrogen) atoms. The molecule has 0 bridgehead atoms. The first-order valence-corrected chi connectivity index (χ1v) is 14.5. The Bertz CT molecular complexity index is 1300. The molecule has 0 radical (unpaired) electrons. The summed E-state index contributed by atoms with van der Waals surface area (Å²) in [7, 11) is -2.29. The van der Waals surface area contributed by atoms with Gasteiger partial charge in [0.25, 0.3) is 0 Å². The summed E-state index contributed by atoms with van der Waals surface area (Å²) in [5.41, 5.74) is 2.03.